The zero-order valence-corrected chi connectivity index (χ0v) is 12.9. The maximum absolute atomic E-state index is 12.2. The molecule has 22 heavy (non-hydrogen) atoms. The Bertz CT molecular complexity index is 683. The van der Waals surface area contributed by atoms with E-state index in [2.05, 4.69) is 20.8 Å². The van der Waals surface area contributed by atoms with E-state index in [9.17, 15) is 14.9 Å². The molecule has 0 amide bonds. The van der Waals surface area contributed by atoms with Gasteiger partial charge in [0.25, 0.3) is 5.69 Å². The predicted octanol–water partition coefficient (Wildman–Crippen LogP) is 3.06. The number of rotatable bonds is 4. The van der Waals surface area contributed by atoms with Gasteiger partial charge in [-0.15, -0.1) is 0 Å². The molecule has 5 nitrogen and oxygen atoms in total. The Balaban J connectivity index is 2.10. The molecule has 0 unspecified atom stereocenters. The highest BCUT2D eigenvalue weighted by molar-refractivity contribution is 5.95. The Kier molecular flexibility index (Phi) is 4.35. The Hall–Kier alpha value is -2.56. The standard InChI is InChI=1S/C17H19N2O3/c1-17(2,3)14-8-10-18(11-9-14)12-16(20)13-4-6-15(7-5-13)19(21)22/h4-11H,12H2,1-3H3/q+1. The number of Topliss-reactive ketones (excluding diaryl/α,β-unsaturated/α-hetero) is 1. The van der Waals surface area contributed by atoms with Gasteiger partial charge in [0.2, 0.25) is 12.3 Å². The summed E-state index contributed by atoms with van der Waals surface area (Å²) >= 11 is 0. The number of nitrogens with zero attached hydrogens (tertiary/aromatic N) is 2. The van der Waals surface area contributed by atoms with Crippen molar-refractivity contribution < 1.29 is 14.3 Å². The number of hydrogen-bond acceptors (Lipinski definition) is 3. The molecule has 0 saturated carbocycles. The molecule has 0 bridgehead atoms. The van der Waals surface area contributed by atoms with E-state index >= 15 is 0 Å². The van der Waals surface area contributed by atoms with Crippen LogP contribution in [0, 0.1) is 10.1 Å². The first-order chi connectivity index (χ1) is 10.3. The molecule has 0 atom stereocenters. The summed E-state index contributed by atoms with van der Waals surface area (Å²) in [4.78, 5) is 22.3. The smallest absolute Gasteiger partial charge is 0.269 e. The second kappa shape index (κ2) is 6.05. The minimum absolute atomic E-state index is 0.0151. The van der Waals surface area contributed by atoms with Gasteiger partial charge in [-0.05, 0) is 23.1 Å². The third-order valence-electron chi connectivity index (χ3n) is 3.48. The van der Waals surface area contributed by atoms with Crippen LogP contribution in [0.1, 0.15) is 36.7 Å². The molecule has 5 heteroatoms. The lowest BCUT2D eigenvalue weighted by atomic mass is 9.88. The summed E-state index contributed by atoms with van der Waals surface area (Å²) < 4.78 is 1.80. The van der Waals surface area contributed by atoms with E-state index in [0.29, 0.717) is 5.56 Å². The van der Waals surface area contributed by atoms with E-state index in [1.807, 2.05) is 24.5 Å². The Morgan fingerprint density at radius 2 is 1.64 bits per heavy atom. The molecule has 114 valence electrons. The number of pyridine rings is 1. The minimum atomic E-state index is -0.478. The molecule has 2 aromatic rings. The fraction of sp³-hybridized carbons (Fsp3) is 0.294. The largest absolute Gasteiger partial charge is 0.287 e. The van der Waals surface area contributed by atoms with Crippen LogP contribution in [0.3, 0.4) is 0 Å². The highest BCUT2D eigenvalue weighted by Crippen LogP contribution is 2.20. The lowest BCUT2D eigenvalue weighted by molar-refractivity contribution is -0.683. The van der Waals surface area contributed by atoms with Crippen LogP contribution in [0.25, 0.3) is 0 Å². The molecular formula is C17H19N2O3+. The number of ketones is 1. The number of aromatic nitrogens is 1. The topological polar surface area (TPSA) is 64.1 Å². The van der Waals surface area contributed by atoms with Crippen molar-refractivity contribution in [3.63, 3.8) is 0 Å². The van der Waals surface area contributed by atoms with Gasteiger partial charge < -0.3 is 0 Å². The zero-order valence-electron chi connectivity index (χ0n) is 12.9. The van der Waals surface area contributed by atoms with Crippen LogP contribution in [0.4, 0.5) is 5.69 Å². The van der Waals surface area contributed by atoms with Crippen LogP contribution in [0.15, 0.2) is 48.8 Å². The van der Waals surface area contributed by atoms with Crippen LogP contribution >= 0.6 is 0 Å². The number of hydrogen-bond donors (Lipinski definition) is 0. The lowest BCUT2D eigenvalue weighted by Crippen LogP contribution is -2.37. The first-order valence-electron chi connectivity index (χ1n) is 7.04. The van der Waals surface area contributed by atoms with E-state index in [0.717, 1.165) is 0 Å². The molecule has 0 N–H and O–H groups in total. The van der Waals surface area contributed by atoms with Crippen molar-refractivity contribution in [1.29, 1.82) is 0 Å². The van der Waals surface area contributed by atoms with Crippen molar-refractivity contribution >= 4 is 11.5 Å². The van der Waals surface area contributed by atoms with Crippen LogP contribution in [0.2, 0.25) is 0 Å². The summed E-state index contributed by atoms with van der Waals surface area (Å²) in [7, 11) is 0. The number of non-ortho nitro benzene ring substituents is 1. The van der Waals surface area contributed by atoms with Gasteiger partial charge in [-0.25, -0.2) is 0 Å². The summed E-state index contributed by atoms with van der Waals surface area (Å²) in [5.41, 5.74) is 1.73. The first kappa shape index (κ1) is 15.8. The molecular weight excluding hydrogens is 280 g/mol. The second-order valence-electron chi connectivity index (χ2n) is 6.24. The van der Waals surface area contributed by atoms with Gasteiger partial charge in [-0.3, -0.25) is 14.9 Å². The molecule has 0 saturated heterocycles. The van der Waals surface area contributed by atoms with E-state index < -0.39 is 4.92 Å². The molecule has 2 rings (SSSR count). The zero-order chi connectivity index (χ0) is 16.3. The SMILES string of the molecule is CC(C)(C)c1cc[n+](CC(=O)c2ccc([N+](=O)[O-])cc2)cc1. The maximum Gasteiger partial charge on any atom is 0.269 e. The number of carbonyl (C=O) groups excluding carboxylic acids is 1. The lowest BCUT2D eigenvalue weighted by Gasteiger charge is -2.17. The minimum Gasteiger partial charge on any atom is -0.287 e. The molecule has 0 aliphatic heterocycles. The van der Waals surface area contributed by atoms with E-state index in [4.69, 9.17) is 0 Å². The normalized spacial score (nSPS) is 11.2. The van der Waals surface area contributed by atoms with Gasteiger partial charge in [0.1, 0.15) is 0 Å². The fourth-order valence-corrected chi connectivity index (χ4v) is 2.09. The van der Waals surface area contributed by atoms with E-state index in [1.54, 1.807) is 4.57 Å². The monoisotopic (exact) mass is 299 g/mol. The van der Waals surface area contributed by atoms with Crippen LogP contribution < -0.4 is 4.57 Å². The van der Waals surface area contributed by atoms with Crippen molar-refractivity contribution in [2.24, 2.45) is 0 Å². The molecule has 0 spiro atoms. The van der Waals surface area contributed by atoms with Gasteiger partial charge in [-0.1, -0.05) is 20.8 Å². The van der Waals surface area contributed by atoms with Crippen LogP contribution in [-0.4, -0.2) is 10.7 Å². The molecule has 0 fully saturated rings. The number of nitro benzene ring substituents is 1. The Labute approximate surface area is 129 Å². The molecule has 1 aromatic heterocycles. The highest BCUT2D eigenvalue weighted by atomic mass is 16.6. The maximum atomic E-state index is 12.2. The summed E-state index contributed by atoms with van der Waals surface area (Å²) in [6.07, 6.45) is 3.76. The van der Waals surface area contributed by atoms with Gasteiger partial charge >= 0.3 is 0 Å². The highest BCUT2D eigenvalue weighted by Gasteiger charge is 2.17. The van der Waals surface area contributed by atoms with Gasteiger partial charge in [-0.2, -0.15) is 4.57 Å². The average molecular weight is 299 g/mol. The molecule has 0 radical (unpaired) electrons. The van der Waals surface area contributed by atoms with Gasteiger partial charge in [0, 0.05) is 29.8 Å². The third-order valence-corrected chi connectivity index (χ3v) is 3.48. The van der Waals surface area contributed by atoms with Crippen molar-refractivity contribution in [3.8, 4) is 0 Å². The molecule has 0 aliphatic rings. The van der Waals surface area contributed by atoms with Gasteiger partial charge in [0.15, 0.2) is 12.4 Å². The van der Waals surface area contributed by atoms with Gasteiger partial charge in [0.05, 0.1) is 4.92 Å². The van der Waals surface area contributed by atoms with Crippen LogP contribution in [-0.2, 0) is 12.0 Å². The third kappa shape index (κ3) is 3.75. The molecule has 1 heterocycles. The van der Waals surface area contributed by atoms with Crippen molar-refractivity contribution in [2.75, 3.05) is 0 Å². The summed E-state index contributed by atoms with van der Waals surface area (Å²) in [6.45, 7) is 6.61. The summed E-state index contributed by atoms with van der Waals surface area (Å²) in [5.74, 6) is -0.0802. The van der Waals surface area contributed by atoms with E-state index in [1.165, 1.54) is 29.8 Å². The molecule has 0 aliphatic carbocycles. The quantitative estimate of drug-likeness (QED) is 0.377. The predicted molar refractivity (Wildman–Crippen MR) is 82.8 cm³/mol. The molecule has 1 aromatic carbocycles. The summed E-state index contributed by atoms with van der Waals surface area (Å²) in [5, 5.41) is 10.6. The number of nitro groups is 1. The Morgan fingerprint density at radius 1 is 1.09 bits per heavy atom. The average Bonchev–Trinajstić information content (AvgIpc) is 2.47. The number of benzene rings is 1. The van der Waals surface area contributed by atoms with Crippen molar-refractivity contribution in [1.82, 2.24) is 0 Å². The first-order valence-corrected chi connectivity index (χ1v) is 7.04. The second-order valence-corrected chi connectivity index (χ2v) is 6.24. The van der Waals surface area contributed by atoms with E-state index in [-0.39, 0.29) is 23.4 Å². The fourth-order valence-electron chi connectivity index (χ4n) is 2.09. The van der Waals surface area contributed by atoms with Crippen LogP contribution in [0.5, 0.6) is 0 Å². The van der Waals surface area contributed by atoms with Crippen molar-refractivity contribution in [2.45, 2.75) is 32.7 Å². The van der Waals surface area contributed by atoms with Crippen molar-refractivity contribution in [3.05, 3.63) is 70.0 Å². The Morgan fingerprint density at radius 3 is 2.09 bits per heavy atom. The number of carbonyl (C=O) groups is 1. The summed E-state index contributed by atoms with van der Waals surface area (Å²) in [6, 6.07) is 9.68.